The molecule has 0 amide bonds. The summed E-state index contributed by atoms with van der Waals surface area (Å²) in [4.78, 5) is 0. The van der Waals surface area contributed by atoms with Gasteiger partial charge in [0.05, 0.1) is 12.2 Å². The molecule has 108 valence electrons. The molecule has 0 saturated carbocycles. The van der Waals surface area contributed by atoms with Crippen molar-refractivity contribution in [3.05, 3.63) is 35.9 Å². The van der Waals surface area contributed by atoms with E-state index in [4.69, 9.17) is 9.47 Å². The lowest BCUT2D eigenvalue weighted by Gasteiger charge is -2.27. The Labute approximate surface area is 118 Å². The Morgan fingerprint density at radius 2 is 1.16 bits per heavy atom. The van der Waals surface area contributed by atoms with Gasteiger partial charge >= 0.3 is 0 Å². The zero-order valence-corrected chi connectivity index (χ0v) is 12.8. The van der Waals surface area contributed by atoms with Crippen LogP contribution in [0.15, 0.2) is 30.3 Å². The van der Waals surface area contributed by atoms with E-state index in [9.17, 15) is 0 Å². The number of benzene rings is 1. The van der Waals surface area contributed by atoms with Crippen LogP contribution in [-0.4, -0.2) is 12.2 Å². The zero-order valence-electron chi connectivity index (χ0n) is 12.8. The highest BCUT2D eigenvalue weighted by Crippen LogP contribution is 2.25. The van der Waals surface area contributed by atoms with E-state index in [-0.39, 0.29) is 18.5 Å². The first-order chi connectivity index (χ1) is 9.24. The van der Waals surface area contributed by atoms with Crippen LogP contribution in [0.25, 0.3) is 0 Å². The second kappa shape index (κ2) is 9.11. The SMILES string of the molecule is CCC(CC)OC(OC(CC)CC)c1ccccc1. The van der Waals surface area contributed by atoms with Gasteiger partial charge in [0.25, 0.3) is 0 Å². The molecule has 0 heterocycles. The summed E-state index contributed by atoms with van der Waals surface area (Å²) in [6, 6.07) is 10.3. The minimum absolute atomic E-state index is 0.240. The summed E-state index contributed by atoms with van der Waals surface area (Å²) in [5.41, 5.74) is 1.11. The summed E-state index contributed by atoms with van der Waals surface area (Å²) in [7, 11) is 0. The van der Waals surface area contributed by atoms with Crippen LogP contribution in [0.3, 0.4) is 0 Å². The van der Waals surface area contributed by atoms with E-state index < -0.39 is 0 Å². The van der Waals surface area contributed by atoms with Crippen molar-refractivity contribution in [2.24, 2.45) is 0 Å². The smallest absolute Gasteiger partial charge is 0.184 e. The molecular formula is C17H28O2. The number of rotatable bonds is 9. The van der Waals surface area contributed by atoms with Gasteiger partial charge in [0, 0.05) is 5.56 Å². The van der Waals surface area contributed by atoms with Crippen LogP contribution < -0.4 is 0 Å². The lowest BCUT2D eigenvalue weighted by Crippen LogP contribution is -2.22. The first-order valence-corrected chi connectivity index (χ1v) is 7.60. The van der Waals surface area contributed by atoms with E-state index in [1.165, 1.54) is 0 Å². The van der Waals surface area contributed by atoms with Crippen molar-refractivity contribution in [1.29, 1.82) is 0 Å². The number of ether oxygens (including phenoxy) is 2. The first-order valence-electron chi connectivity index (χ1n) is 7.60. The van der Waals surface area contributed by atoms with E-state index in [0.717, 1.165) is 31.2 Å². The van der Waals surface area contributed by atoms with Crippen molar-refractivity contribution in [1.82, 2.24) is 0 Å². The maximum Gasteiger partial charge on any atom is 0.184 e. The zero-order chi connectivity index (χ0) is 14.1. The molecule has 0 unspecified atom stereocenters. The first kappa shape index (κ1) is 16.2. The van der Waals surface area contributed by atoms with Gasteiger partial charge in [0.15, 0.2) is 6.29 Å². The third kappa shape index (κ3) is 5.33. The molecular weight excluding hydrogens is 236 g/mol. The molecule has 2 heteroatoms. The van der Waals surface area contributed by atoms with Crippen molar-refractivity contribution < 1.29 is 9.47 Å². The molecule has 0 spiro atoms. The van der Waals surface area contributed by atoms with E-state index >= 15 is 0 Å². The third-order valence-electron chi connectivity index (χ3n) is 3.53. The Morgan fingerprint density at radius 3 is 1.53 bits per heavy atom. The maximum atomic E-state index is 6.15. The second-order valence-electron chi connectivity index (χ2n) is 4.89. The lowest BCUT2D eigenvalue weighted by atomic mass is 10.1. The third-order valence-corrected chi connectivity index (χ3v) is 3.53. The molecule has 0 saturated heterocycles. The predicted molar refractivity (Wildman–Crippen MR) is 80.1 cm³/mol. The Hall–Kier alpha value is -0.860. The molecule has 0 aromatic heterocycles. The van der Waals surface area contributed by atoms with Gasteiger partial charge in [-0.15, -0.1) is 0 Å². The molecule has 0 atom stereocenters. The standard InChI is InChI=1S/C17H28O2/c1-5-15(6-2)18-17(19-16(7-3)8-4)14-12-10-9-11-13-14/h9-13,15-17H,5-8H2,1-4H3. The van der Waals surface area contributed by atoms with E-state index in [1.54, 1.807) is 0 Å². The quantitative estimate of drug-likeness (QED) is 0.578. The average Bonchev–Trinajstić information content (AvgIpc) is 2.48. The highest BCUT2D eigenvalue weighted by atomic mass is 16.7. The van der Waals surface area contributed by atoms with Crippen molar-refractivity contribution in [3.8, 4) is 0 Å². The van der Waals surface area contributed by atoms with Gasteiger partial charge in [0.1, 0.15) is 0 Å². The fourth-order valence-electron chi connectivity index (χ4n) is 2.11. The van der Waals surface area contributed by atoms with Crippen LogP contribution in [0.5, 0.6) is 0 Å². The minimum atomic E-state index is -0.240. The van der Waals surface area contributed by atoms with Gasteiger partial charge in [-0.2, -0.15) is 0 Å². The largest absolute Gasteiger partial charge is 0.345 e. The number of hydrogen-bond acceptors (Lipinski definition) is 2. The molecule has 19 heavy (non-hydrogen) atoms. The Balaban J connectivity index is 2.78. The Kier molecular flexibility index (Phi) is 7.76. The predicted octanol–water partition coefficient (Wildman–Crippen LogP) is 5.10. The summed E-state index contributed by atoms with van der Waals surface area (Å²) in [6.07, 6.45) is 4.37. The fourth-order valence-corrected chi connectivity index (χ4v) is 2.11. The second-order valence-corrected chi connectivity index (χ2v) is 4.89. The van der Waals surface area contributed by atoms with Gasteiger partial charge in [-0.25, -0.2) is 0 Å². The van der Waals surface area contributed by atoms with E-state index in [0.29, 0.717) is 0 Å². The monoisotopic (exact) mass is 264 g/mol. The summed E-state index contributed by atoms with van der Waals surface area (Å²) < 4.78 is 12.3. The van der Waals surface area contributed by atoms with Gasteiger partial charge in [0.2, 0.25) is 0 Å². The normalized spacial score (nSPS) is 11.7. The molecule has 0 aliphatic heterocycles. The Morgan fingerprint density at radius 1 is 0.737 bits per heavy atom. The van der Waals surface area contributed by atoms with Gasteiger partial charge in [-0.3, -0.25) is 0 Å². The van der Waals surface area contributed by atoms with Gasteiger partial charge < -0.3 is 9.47 Å². The van der Waals surface area contributed by atoms with Crippen molar-refractivity contribution in [2.45, 2.75) is 71.9 Å². The van der Waals surface area contributed by atoms with Crippen LogP contribution >= 0.6 is 0 Å². The van der Waals surface area contributed by atoms with E-state index in [1.807, 2.05) is 18.2 Å². The van der Waals surface area contributed by atoms with Crippen LogP contribution in [-0.2, 0) is 9.47 Å². The summed E-state index contributed by atoms with van der Waals surface area (Å²) in [6.45, 7) is 8.64. The highest BCUT2D eigenvalue weighted by Gasteiger charge is 2.20. The molecule has 2 nitrogen and oxygen atoms in total. The molecule has 1 aromatic carbocycles. The average molecular weight is 264 g/mol. The Bertz CT molecular complexity index is 301. The van der Waals surface area contributed by atoms with Crippen LogP contribution in [0.2, 0.25) is 0 Å². The molecule has 0 radical (unpaired) electrons. The molecule has 0 aliphatic carbocycles. The van der Waals surface area contributed by atoms with Gasteiger partial charge in [-0.1, -0.05) is 58.0 Å². The molecule has 0 fully saturated rings. The molecule has 0 bridgehead atoms. The molecule has 0 aliphatic rings. The van der Waals surface area contributed by atoms with Crippen molar-refractivity contribution in [2.75, 3.05) is 0 Å². The number of hydrogen-bond donors (Lipinski definition) is 0. The summed E-state index contributed by atoms with van der Waals surface area (Å²) in [5.74, 6) is 0. The summed E-state index contributed by atoms with van der Waals surface area (Å²) in [5, 5.41) is 0. The van der Waals surface area contributed by atoms with Crippen LogP contribution in [0.4, 0.5) is 0 Å². The van der Waals surface area contributed by atoms with Crippen molar-refractivity contribution in [3.63, 3.8) is 0 Å². The maximum absolute atomic E-state index is 6.15. The fraction of sp³-hybridized carbons (Fsp3) is 0.647. The topological polar surface area (TPSA) is 18.5 Å². The van der Waals surface area contributed by atoms with Crippen molar-refractivity contribution >= 4 is 0 Å². The molecule has 0 N–H and O–H groups in total. The molecule has 1 rings (SSSR count). The van der Waals surface area contributed by atoms with Crippen LogP contribution in [0, 0.1) is 0 Å². The highest BCUT2D eigenvalue weighted by molar-refractivity contribution is 5.16. The van der Waals surface area contributed by atoms with Crippen LogP contribution in [0.1, 0.15) is 65.2 Å². The van der Waals surface area contributed by atoms with Gasteiger partial charge in [-0.05, 0) is 25.7 Å². The molecule has 1 aromatic rings. The summed E-state index contributed by atoms with van der Waals surface area (Å²) >= 11 is 0. The minimum Gasteiger partial charge on any atom is -0.345 e. The van der Waals surface area contributed by atoms with E-state index in [2.05, 4.69) is 39.8 Å². The lowest BCUT2D eigenvalue weighted by molar-refractivity contribution is -0.201.